The first kappa shape index (κ1) is 15.6. The van der Waals surface area contributed by atoms with Crippen molar-refractivity contribution in [2.24, 2.45) is 0 Å². The summed E-state index contributed by atoms with van der Waals surface area (Å²) in [6.45, 7) is 1.41. The minimum absolute atomic E-state index is 0.0827. The van der Waals surface area contributed by atoms with Crippen molar-refractivity contribution >= 4 is 29.7 Å². The molecule has 2 aliphatic heterocycles. The Morgan fingerprint density at radius 1 is 1.36 bits per heavy atom. The summed E-state index contributed by atoms with van der Waals surface area (Å²) in [4.78, 5) is 24.3. The third-order valence-corrected chi connectivity index (χ3v) is 5.05. The van der Waals surface area contributed by atoms with E-state index in [1.54, 1.807) is 17.0 Å². The molecule has 4 heterocycles. The predicted molar refractivity (Wildman–Crippen MR) is 86.0 cm³/mol. The topological polar surface area (TPSA) is 95.0 Å². The smallest absolute Gasteiger partial charge is 0.258 e. The molecule has 2 aromatic heterocycles. The van der Waals surface area contributed by atoms with Gasteiger partial charge in [0, 0.05) is 12.1 Å². The number of aryl methyl sites for hydroxylation is 2. The zero-order valence-corrected chi connectivity index (χ0v) is 13.8. The fourth-order valence-electron chi connectivity index (χ4n) is 2.71. The molecule has 8 nitrogen and oxygen atoms in total. The average molecular weight is 355 g/mol. The Hall–Kier alpha value is -2.94. The molecule has 0 spiro atoms. The van der Waals surface area contributed by atoms with Crippen molar-refractivity contribution in [2.45, 2.75) is 18.5 Å². The lowest BCUT2D eigenvalue weighted by molar-refractivity contribution is -0.698. The Kier molecular flexibility index (Phi) is 3.85. The second kappa shape index (κ2) is 6.17. The van der Waals surface area contributed by atoms with Gasteiger partial charge in [-0.25, -0.2) is 9.25 Å². The van der Waals surface area contributed by atoms with Crippen LogP contribution >= 0.6 is 11.8 Å². The number of carboxylic acids is 1. The molecule has 4 rings (SSSR count). The number of thioether (sulfide) groups is 1. The molecule has 0 aromatic carbocycles. The van der Waals surface area contributed by atoms with Crippen LogP contribution in [0.15, 0.2) is 53.5 Å². The number of fused-ring (bicyclic) bond motifs is 1. The zero-order chi connectivity index (χ0) is 17.4. The van der Waals surface area contributed by atoms with Gasteiger partial charge in [-0.2, -0.15) is 0 Å². The minimum atomic E-state index is -1.34. The standard InChI is InChI=1S/C16H13N5O3S/c22-14-12(15-21(14)13(10-25-15)16(23)24)8-11-9-20(18-17-11)7-6-19-4-2-1-3-5-19/h1-5,8-10,15H,6-7H2/b12-8-/t15-/m1/s1. The normalized spacial score (nSPS) is 20.4. The molecule has 9 heteroatoms. The maximum Gasteiger partial charge on any atom is 0.258 e. The Morgan fingerprint density at radius 3 is 2.92 bits per heavy atom. The highest BCUT2D eigenvalue weighted by molar-refractivity contribution is 8.03. The van der Waals surface area contributed by atoms with Crippen LogP contribution in [0.3, 0.4) is 0 Å². The third kappa shape index (κ3) is 2.82. The minimum Gasteiger partial charge on any atom is -0.543 e. The third-order valence-electron chi connectivity index (χ3n) is 3.97. The second-order valence-electron chi connectivity index (χ2n) is 5.57. The Balaban J connectivity index is 1.43. The largest absolute Gasteiger partial charge is 0.543 e. The monoisotopic (exact) mass is 355 g/mol. The van der Waals surface area contributed by atoms with Crippen molar-refractivity contribution in [3.63, 3.8) is 0 Å². The Bertz CT molecular complexity index is 906. The van der Waals surface area contributed by atoms with E-state index < -0.39 is 5.97 Å². The molecule has 0 radical (unpaired) electrons. The van der Waals surface area contributed by atoms with E-state index in [1.165, 1.54) is 22.1 Å². The predicted octanol–water partition coefficient (Wildman–Crippen LogP) is -0.844. The molecule has 1 atom stereocenters. The van der Waals surface area contributed by atoms with E-state index in [4.69, 9.17) is 0 Å². The number of amides is 1. The van der Waals surface area contributed by atoms with Crippen LogP contribution in [0.5, 0.6) is 0 Å². The van der Waals surface area contributed by atoms with Crippen molar-refractivity contribution in [1.82, 2.24) is 19.9 Å². The van der Waals surface area contributed by atoms with Gasteiger partial charge in [0.1, 0.15) is 17.6 Å². The van der Waals surface area contributed by atoms with Gasteiger partial charge in [-0.05, 0) is 11.5 Å². The number of nitrogens with zero attached hydrogens (tertiary/aromatic N) is 5. The van der Waals surface area contributed by atoms with Gasteiger partial charge in [-0.3, -0.25) is 9.69 Å². The second-order valence-corrected chi connectivity index (χ2v) is 6.53. The van der Waals surface area contributed by atoms with Gasteiger partial charge in [-0.1, -0.05) is 11.3 Å². The number of hydrogen-bond donors (Lipinski definition) is 0. The lowest BCUT2D eigenvalue weighted by atomic mass is 10.0. The van der Waals surface area contributed by atoms with Crippen molar-refractivity contribution in [1.29, 1.82) is 0 Å². The van der Waals surface area contributed by atoms with Crippen LogP contribution in [-0.2, 0) is 22.7 Å². The highest BCUT2D eigenvalue weighted by Crippen LogP contribution is 2.44. The van der Waals surface area contributed by atoms with E-state index in [2.05, 4.69) is 10.3 Å². The molecule has 0 aliphatic carbocycles. The molecule has 2 aromatic rings. The van der Waals surface area contributed by atoms with E-state index in [0.29, 0.717) is 17.8 Å². The van der Waals surface area contributed by atoms with E-state index in [9.17, 15) is 14.7 Å². The number of carbonyl (C=O) groups is 2. The van der Waals surface area contributed by atoms with Crippen molar-refractivity contribution in [3.8, 4) is 0 Å². The maximum absolute atomic E-state index is 12.1. The van der Waals surface area contributed by atoms with E-state index in [1.807, 2.05) is 35.2 Å². The van der Waals surface area contributed by atoms with Crippen LogP contribution < -0.4 is 9.67 Å². The van der Waals surface area contributed by atoms with Gasteiger partial charge in [0.25, 0.3) is 5.91 Å². The van der Waals surface area contributed by atoms with Crippen LogP contribution in [0.1, 0.15) is 5.69 Å². The number of aromatic nitrogens is 4. The molecule has 0 bridgehead atoms. The summed E-state index contributed by atoms with van der Waals surface area (Å²) in [5.41, 5.74) is 1.01. The van der Waals surface area contributed by atoms with Crippen LogP contribution in [0, 0.1) is 0 Å². The first-order chi connectivity index (χ1) is 12.1. The van der Waals surface area contributed by atoms with Gasteiger partial charge in [-0.15, -0.1) is 16.9 Å². The van der Waals surface area contributed by atoms with Crippen molar-refractivity contribution in [3.05, 3.63) is 59.2 Å². The lowest BCUT2D eigenvalue weighted by Crippen LogP contribution is -2.52. The quantitative estimate of drug-likeness (QED) is 0.394. The number of β-lactam (4-membered cyclic amide) rings is 1. The summed E-state index contributed by atoms with van der Waals surface area (Å²) in [5.74, 6) is -1.67. The molecule has 1 fully saturated rings. The molecule has 25 heavy (non-hydrogen) atoms. The first-order valence-corrected chi connectivity index (χ1v) is 8.54. The Labute approximate surface area is 147 Å². The van der Waals surface area contributed by atoms with Crippen LogP contribution in [-0.4, -0.2) is 37.1 Å². The van der Waals surface area contributed by atoms with Gasteiger partial charge in [0.2, 0.25) is 0 Å². The molecule has 0 N–H and O–H groups in total. The van der Waals surface area contributed by atoms with Crippen LogP contribution in [0.25, 0.3) is 6.08 Å². The molecule has 0 unspecified atom stereocenters. The Morgan fingerprint density at radius 2 is 2.16 bits per heavy atom. The van der Waals surface area contributed by atoms with Crippen LogP contribution in [0.4, 0.5) is 0 Å². The summed E-state index contributed by atoms with van der Waals surface area (Å²) >= 11 is 1.27. The summed E-state index contributed by atoms with van der Waals surface area (Å²) in [5, 5.41) is 20.2. The molecule has 2 aliphatic rings. The summed E-state index contributed by atoms with van der Waals surface area (Å²) in [7, 11) is 0. The van der Waals surface area contributed by atoms with E-state index in [-0.39, 0.29) is 17.0 Å². The van der Waals surface area contributed by atoms with Gasteiger partial charge >= 0.3 is 0 Å². The van der Waals surface area contributed by atoms with Crippen LogP contribution in [0.2, 0.25) is 0 Å². The van der Waals surface area contributed by atoms with Gasteiger partial charge < -0.3 is 9.90 Å². The van der Waals surface area contributed by atoms with Crippen molar-refractivity contribution < 1.29 is 19.3 Å². The SMILES string of the molecule is O=C([O-])C1=CS[C@@H]2/C(=C\c3cn(CC[n+]4ccccc4)nn3)C(=O)N12. The fourth-order valence-corrected chi connectivity index (χ4v) is 3.82. The number of pyridine rings is 1. The fraction of sp³-hybridized carbons (Fsp3) is 0.188. The summed E-state index contributed by atoms with van der Waals surface area (Å²) < 4.78 is 3.75. The highest BCUT2D eigenvalue weighted by Gasteiger charge is 2.47. The maximum atomic E-state index is 12.1. The van der Waals surface area contributed by atoms with Gasteiger partial charge in [0.15, 0.2) is 18.9 Å². The van der Waals surface area contributed by atoms with Gasteiger partial charge in [0.05, 0.1) is 23.4 Å². The van der Waals surface area contributed by atoms with E-state index >= 15 is 0 Å². The number of carbonyl (C=O) groups excluding carboxylic acids is 2. The average Bonchev–Trinajstić information content (AvgIpc) is 3.23. The number of rotatable bonds is 5. The summed E-state index contributed by atoms with van der Waals surface area (Å²) in [6.07, 6.45) is 7.36. The molecular weight excluding hydrogens is 342 g/mol. The molecule has 1 amide bonds. The molecule has 126 valence electrons. The molecular formula is C16H13N5O3S. The highest BCUT2D eigenvalue weighted by atomic mass is 32.2. The van der Waals surface area contributed by atoms with E-state index in [0.717, 1.165) is 6.54 Å². The van der Waals surface area contributed by atoms with Crippen molar-refractivity contribution in [2.75, 3.05) is 0 Å². The summed E-state index contributed by atoms with van der Waals surface area (Å²) in [6, 6.07) is 5.87. The molecule has 1 saturated heterocycles. The number of aliphatic carboxylic acids is 1. The number of hydrogen-bond acceptors (Lipinski definition) is 6. The lowest BCUT2D eigenvalue weighted by Gasteiger charge is -2.38. The number of carboxylic acid groups (broad SMARTS) is 1. The molecule has 0 saturated carbocycles. The first-order valence-electron chi connectivity index (χ1n) is 7.60. The zero-order valence-electron chi connectivity index (χ0n) is 13.0.